The Balaban J connectivity index is 4.06. The van der Waals surface area contributed by atoms with Crippen LogP contribution in [0, 0.1) is 0 Å². The van der Waals surface area contributed by atoms with Crippen molar-refractivity contribution in [1.82, 2.24) is 0 Å². The number of hydrogen-bond acceptors (Lipinski definition) is 0. The lowest BCUT2D eigenvalue weighted by Crippen LogP contribution is -2.50. The molecule has 0 N–H and O–H groups in total. The average molecular weight is 311 g/mol. The van der Waals surface area contributed by atoms with Gasteiger partial charge in [-0.25, -0.2) is 0 Å². The van der Waals surface area contributed by atoms with Crippen LogP contribution < -0.4 is 0 Å². The van der Waals surface area contributed by atoms with Crippen molar-refractivity contribution in [3.63, 3.8) is 0 Å². The maximum atomic E-state index is 4.03. The van der Waals surface area contributed by atoms with Crippen molar-refractivity contribution >= 4 is 0 Å². The maximum absolute atomic E-state index is 4.03. The van der Waals surface area contributed by atoms with E-state index in [1.807, 2.05) is 0 Å². The van der Waals surface area contributed by atoms with Crippen LogP contribution in [0.1, 0.15) is 97.8 Å². The zero-order valence-corrected chi connectivity index (χ0v) is 16.0. The number of hydrogen-bond donors (Lipinski definition) is 0. The number of quaternary nitrogens is 1. The molecule has 0 amide bonds. The van der Waals surface area contributed by atoms with E-state index in [-0.39, 0.29) is 0 Å². The van der Waals surface area contributed by atoms with Gasteiger partial charge in [0.1, 0.15) is 0 Å². The smallest absolute Gasteiger partial charge is 0.0971 e. The molecule has 1 heteroatoms. The van der Waals surface area contributed by atoms with E-state index in [2.05, 4.69) is 33.4 Å². The molecule has 0 saturated heterocycles. The van der Waals surface area contributed by atoms with Gasteiger partial charge >= 0.3 is 0 Å². The van der Waals surface area contributed by atoms with Gasteiger partial charge in [0.2, 0.25) is 0 Å². The van der Waals surface area contributed by atoms with Crippen LogP contribution in [-0.2, 0) is 0 Å². The Morgan fingerprint density at radius 3 is 1.45 bits per heavy atom. The van der Waals surface area contributed by atoms with Crippen LogP contribution in [0.3, 0.4) is 0 Å². The van der Waals surface area contributed by atoms with E-state index in [9.17, 15) is 0 Å². The molecule has 0 aromatic rings. The van der Waals surface area contributed by atoms with Crippen molar-refractivity contribution in [2.45, 2.75) is 97.8 Å². The lowest BCUT2D eigenvalue weighted by molar-refractivity contribution is -0.923. The Labute approximate surface area is 141 Å². The molecule has 0 spiro atoms. The highest BCUT2D eigenvalue weighted by Gasteiger charge is 2.23. The van der Waals surface area contributed by atoms with Gasteiger partial charge in [-0.1, -0.05) is 78.7 Å². The molecule has 0 rings (SSSR count). The highest BCUT2D eigenvalue weighted by atomic mass is 15.3. The van der Waals surface area contributed by atoms with Crippen LogP contribution in [-0.4, -0.2) is 30.7 Å². The molecule has 0 heterocycles. The zero-order valence-electron chi connectivity index (χ0n) is 16.0. The summed E-state index contributed by atoms with van der Waals surface area (Å²) in [6.07, 6.45) is 19.0. The minimum Gasteiger partial charge on any atom is -0.320 e. The van der Waals surface area contributed by atoms with Crippen LogP contribution >= 0.6 is 0 Å². The highest BCUT2D eigenvalue weighted by molar-refractivity contribution is 4.67. The first-order valence-corrected chi connectivity index (χ1v) is 10.2. The SMILES string of the molecule is C=CC[N+](CCCC)(CCCC)CCCCCCCCCC. The first-order chi connectivity index (χ1) is 10.7. The molecular weight excluding hydrogens is 266 g/mol. The molecule has 0 radical (unpaired) electrons. The predicted molar refractivity (Wildman–Crippen MR) is 102 cm³/mol. The third kappa shape index (κ3) is 11.3. The quantitative estimate of drug-likeness (QED) is 0.159. The van der Waals surface area contributed by atoms with Gasteiger partial charge in [0.05, 0.1) is 26.2 Å². The summed E-state index contributed by atoms with van der Waals surface area (Å²) in [6, 6.07) is 0. The van der Waals surface area contributed by atoms with Gasteiger partial charge in [0, 0.05) is 0 Å². The third-order valence-corrected chi connectivity index (χ3v) is 4.97. The molecular formula is C21H44N+. The second-order valence-electron chi connectivity index (χ2n) is 7.17. The summed E-state index contributed by atoms with van der Waals surface area (Å²) in [5, 5.41) is 0. The summed E-state index contributed by atoms with van der Waals surface area (Å²) in [6.45, 7) is 16.2. The molecule has 0 saturated carbocycles. The molecule has 0 bridgehead atoms. The van der Waals surface area contributed by atoms with Crippen LogP contribution in [0.2, 0.25) is 0 Å². The van der Waals surface area contributed by atoms with Crippen molar-refractivity contribution in [1.29, 1.82) is 0 Å². The molecule has 0 aliphatic heterocycles. The second-order valence-corrected chi connectivity index (χ2v) is 7.17. The van der Waals surface area contributed by atoms with E-state index in [0.29, 0.717) is 0 Å². The molecule has 0 unspecified atom stereocenters. The Kier molecular flexibility index (Phi) is 15.4. The molecule has 1 nitrogen and oxygen atoms in total. The van der Waals surface area contributed by atoms with Crippen molar-refractivity contribution in [3.8, 4) is 0 Å². The molecule has 0 fully saturated rings. The second kappa shape index (κ2) is 15.6. The summed E-state index contributed by atoms with van der Waals surface area (Å²) in [7, 11) is 0. The number of unbranched alkanes of at least 4 members (excludes halogenated alkanes) is 9. The van der Waals surface area contributed by atoms with E-state index in [0.717, 1.165) is 0 Å². The summed E-state index contributed by atoms with van der Waals surface area (Å²) in [4.78, 5) is 0. The zero-order chi connectivity index (χ0) is 16.5. The minimum absolute atomic E-state index is 1.18. The fourth-order valence-corrected chi connectivity index (χ4v) is 3.45. The summed E-state index contributed by atoms with van der Waals surface area (Å²) >= 11 is 0. The van der Waals surface area contributed by atoms with E-state index in [1.54, 1.807) is 0 Å². The van der Waals surface area contributed by atoms with Crippen molar-refractivity contribution in [3.05, 3.63) is 12.7 Å². The van der Waals surface area contributed by atoms with Crippen LogP contribution in [0.25, 0.3) is 0 Å². The van der Waals surface area contributed by atoms with Gasteiger partial charge in [-0.2, -0.15) is 0 Å². The first-order valence-electron chi connectivity index (χ1n) is 10.2. The third-order valence-electron chi connectivity index (χ3n) is 4.97. The largest absolute Gasteiger partial charge is 0.320 e. The van der Waals surface area contributed by atoms with Gasteiger partial charge in [0.15, 0.2) is 0 Å². The predicted octanol–water partition coefficient (Wildman–Crippen LogP) is 6.73. The topological polar surface area (TPSA) is 0 Å². The van der Waals surface area contributed by atoms with Gasteiger partial charge in [-0.05, 0) is 31.8 Å². The lowest BCUT2D eigenvalue weighted by Gasteiger charge is -2.38. The normalized spacial score (nSPS) is 11.8. The van der Waals surface area contributed by atoms with E-state index >= 15 is 0 Å². The summed E-state index contributed by atoms with van der Waals surface area (Å²) < 4.78 is 1.31. The summed E-state index contributed by atoms with van der Waals surface area (Å²) in [5.41, 5.74) is 0. The number of nitrogens with zero attached hydrogens (tertiary/aromatic N) is 1. The van der Waals surface area contributed by atoms with Gasteiger partial charge < -0.3 is 4.48 Å². The van der Waals surface area contributed by atoms with Crippen molar-refractivity contribution in [2.24, 2.45) is 0 Å². The standard InChI is InChI=1S/C21H44N/c1-5-9-12-13-14-15-16-17-21-22(18-8-4,19-10-6-2)20-11-7-3/h8H,4-7,9-21H2,1-3H3/q+1. The van der Waals surface area contributed by atoms with E-state index in [1.165, 1.54) is 108 Å². The Morgan fingerprint density at radius 1 is 0.591 bits per heavy atom. The van der Waals surface area contributed by atoms with E-state index < -0.39 is 0 Å². The first kappa shape index (κ1) is 21.7. The average Bonchev–Trinajstić information content (AvgIpc) is 2.53. The number of rotatable bonds is 17. The highest BCUT2D eigenvalue weighted by Crippen LogP contribution is 2.16. The Morgan fingerprint density at radius 2 is 1.00 bits per heavy atom. The molecule has 0 aliphatic rings. The van der Waals surface area contributed by atoms with Gasteiger partial charge in [-0.15, -0.1) is 0 Å². The van der Waals surface area contributed by atoms with Gasteiger partial charge in [0.25, 0.3) is 0 Å². The van der Waals surface area contributed by atoms with Crippen molar-refractivity contribution < 1.29 is 4.48 Å². The molecule has 0 aliphatic carbocycles. The maximum Gasteiger partial charge on any atom is 0.0971 e. The fraction of sp³-hybridized carbons (Fsp3) is 0.905. The van der Waals surface area contributed by atoms with Crippen LogP contribution in [0.4, 0.5) is 0 Å². The van der Waals surface area contributed by atoms with Crippen molar-refractivity contribution in [2.75, 3.05) is 26.2 Å². The minimum atomic E-state index is 1.18. The van der Waals surface area contributed by atoms with Crippen LogP contribution in [0.5, 0.6) is 0 Å². The lowest BCUT2D eigenvalue weighted by atomic mass is 10.1. The molecule has 0 aromatic carbocycles. The monoisotopic (exact) mass is 310 g/mol. The molecule has 132 valence electrons. The Hall–Kier alpha value is -0.300. The molecule has 0 atom stereocenters. The van der Waals surface area contributed by atoms with E-state index in [4.69, 9.17) is 0 Å². The van der Waals surface area contributed by atoms with Crippen LogP contribution in [0.15, 0.2) is 12.7 Å². The van der Waals surface area contributed by atoms with Gasteiger partial charge in [-0.3, -0.25) is 0 Å². The Bertz CT molecular complexity index is 226. The molecule has 0 aromatic heterocycles. The fourth-order valence-electron chi connectivity index (χ4n) is 3.45. The molecule has 22 heavy (non-hydrogen) atoms. The summed E-state index contributed by atoms with van der Waals surface area (Å²) in [5.74, 6) is 0.